The van der Waals surface area contributed by atoms with Gasteiger partial charge in [0.05, 0.1) is 6.42 Å². The highest BCUT2D eigenvalue weighted by Crippen LogP contribution is 2.22. The van der Waals surface area contributed by atoms with Gasteiger partial charge in [-0.05, 0) is 5.56 Å². The van der Waals surface area contributed by atoms with Crippen LogP contribution in [-0.4, -0.2) is 16.0 Å². The van der Waals surface area contributed by atoms with Crippen molar-refractivity contribution < 1.29 is 17.6 Å². The average Bonchev–Trinajstić information content (AvgIpc) is 2.87. The number of nitrogens with zero attached hydrogens (tertiary/aromatic N) is 2. The molecule has 0 saturated carbocycles. The third-order valence-electron chi connectivity index (χ3n) is 2.40. The Morgan fingerprint density at radius 2 is 1.85 bits per heavy atom. The van der Waals surface area contributed by atoms with Crippen LogP contribution in [0.5, 0.6) is 0 Å². The second kappa shape index (κ2) is 7.14. The molecule has 0 N–H and O–H groups in total. The molecule has 0 saturated heterocycles. The summed E-state index contributed by atoms with van der Waals surface area (Å²) >= 11 is 1.05. The van der Waals surface area contributed by atoms with Crippen molar-refractivity contribution >= 4 is 11.8 Å². The normalized spacial score (nSPS) is 10.6. The molecule has 20 heavy (non-hydrogen) atoms. The largest absolute Gasteiger partial charge is 0.416 e. The molecule has 0 spiro atoms. The number of aromatic nitrogens is 2. The Labute approximate surface area is 117 Å². The van der Waals surface area contributed by atoms with Gasteiger partial charge in [-0.3, -0.25) is 0 Å². The lowest BCUT2D eigenvalue weighted by Gasteiger charge is -1.95. The predicted molar refractivity (Wildman–Crippen MR) is 69.2 cm³/mol. The van der Waals surface area contributed by atoms with Crippen molar-refractivity contribution in [2.75, 3.05) is 5.75 Å². The Bertz CT molecular complexity index is 582. The van der Waals surface area contributed by atoms with Crippen LogP contribution in [0.15, 0.2) is 51.9 Å². The summed E-state index contributed by atoms with van der Waals surface area (Å²) in [6.07, 6.45) is -2.13. The van der Waals surface area contributed by atoms with Crippen molar-refractivity contribution in [1.29, 1.82) is 0 Å². The average molecular weight is 300 g/mol. The SMILES string of the molecule is FC(F)=C(F)CCSc1nnc(Cc2ccccc2)o1. The fraction of sp³-hybridized carbons (Fsp3) is 0.231. The van der Waals surface area contributed by atoms with Gasteiger partial charge in [0.1, 0.15) is 0 Å². The van der Waals surface area contributed by atoms with Crippen molar-refractivity contribution in [3.05, 3.63) is 53.7 Å². The zero-order valence-electron chi connectivity index (χ0n) is 10.4. The number of rotatable bonds is 6. The summed E-state index contributed by atoms with van der Waals surface area (Å²) in [6.45, 7) is 0. The Morgan fingerprint density at radius 1 is 1.10 bits per heavy atom. The fourth-order valence-electron chi connectivity index (χ4n) is 1.46. The summed E-state index contributed by atoms with van der Waals surface area (Å²) in [5, 5.41) is 7.88. The van der Waals surface area contributed by atoms with E-state index < -0.39 is 11.9 Å². The molecular weight excluding hydrogens is 289 g/mol. The molecule has 2 rings (SSSR count). The lowest BCUT2D eigenvalue weighted by molar-refractivity contribution is 0.373. The highest BCUT2D eigenvalue weighted by atomic mass is 32.2. The number of allylic oxidation sites excluding steroid dienone is 1. The Morgan fingerprint density at radius 3 is 2.55 bits per heavy atom. The molecule has 2 aromatic rings. The maximum atomic E-state index is 12.6. The van der Waals surface area contributed by atoms with Gasteiger partial charge in [0.2, 0.25) is 5.89 Å². The minimum atomic E-state index is -2.28. The fourth-order valence-corrected chi connectivity index (χ4v) is 2.17. The molecule has 0 aliphatic carbocycles. The van der Waals surface area contributed by atoms with Gasteiger partial charge in [0.25, 0.3) is 5.22 Å². The predicted octanol–water partition coefficient (Wildman–Crippen LogP) is 4.22. The lowest BCUT2D eigenvalue weighted by Crippen LogP contribution is -1.87. The molecule has 1 aromatic carbocycles. The van der Waals surface area contributed by atoms with Crippen LogP contribution < -0.4 is 0 Å². The van der Waals surface area contributed by atoms with Gasteiger partial charge in [-0.2, -0.15) is 8.78 Å². The first-order valence-electron chi connectivity index (χ1n) is 5.84. The molecule has 0 amide bonds. The Kier molecular flexibility index (Phi) is 5.23. The van der Waals surface area contributed by atoms with Gasteiger partial charge in [-0.15, -0.1) is 10.2 Å². The van der Waals surface area contributed by atoms with E-state index >= 15 is 0 Å². The van der Waals surface area contributed by atoms with Gasteiger partial charge < -0.3 is 4.42 Å². The third-order valence-corrected chi connectivity index (χ3v) is 3.22. The van der Waals surface area contributed by atoms with E-state index in [9.17, 15) is 13.2 Å². The molecule has 1 heterocycles. The molecule has 0 aliphatic heterocycles. The van der Waals surface area contributed by atoms with Gasteiger partial charge in [0, 0.05) is 12.2 Å². The minimum Gasteiger partial charge on any atom is -0.416 e. The van der Waals surface area contributed by atoms with E-state index in [1.54, 1.807) is 0 Å². The van der Waals surface area contributed by atoms with Gasteiger partial charge in [-0.1, -0.05) is 42.1 Å². The zero-order valence-corrected chi connectivity index (χ0v) is 11.2. The first-order chi connectivity index (χ1) is 9.65. The first-order valence-corrected chi connectivity index (χ1v) is 6.82. The monoisotopic (exact) mass is 300 g/mol. The second-order valence-electron chi connectivity index (χ2n) is 3.89. The molecule has 0 aliphatic rings. The van der Waals surface area contributed by atoms with E-state index in [4.69, 9.17) is 4.42 Å². The number of hydrogen-bond donors (Lipinski definition) is 0. The van der Waals surface area contributed by atoms with Crippen molar-refractivity contribution in [2.45, 2.75) is 18.1 Å². The molecule has 3 nitrogen and oxygen atoms in total. The maximum absolute atomic E-state index is 12.6. The molecule has 0 unspecified atom stereocenters. The summed E-state index contributed by atoms with van der Waals surface area (Å²) in [5.74, 6) is -0.844. The zero-order chi connectivity index (χ0) is 14.4. The summed E-state index contributed by atoms with van der Waals surface area (Å²) in [7, 11) is 0. The maximum Gasteiger partial charge on any atom is 0.301 e. The highest BCUT2D eigenvalue weighted by Gasteiger charge is 2.09. The molecule has 0 fully saturated rings. The molecular formula is C13H11F3N2OS. The van der Waals surface area contributed by atoms with Crippen molar-refractivity contribution in [1.82, 2.24) is 10.2 Å². The summed E-state index contributed by atoms with van der Waals surface area (Å²) in [6, 6.07) is 9.58. The lowest BCUT2D eigenvalue weighted by atomic mass is 10.2. The molecule has 7 heteroatoms. The van der Waals surface area contributed by atoms with E-state index in [0.29, 0.717) is 12.3 Å². The first kappa shape index (κ1) is 14.6. The smallest absolute Gasteiger partial charge is 0.301 e. The van der Waals surface area contributed by atoms with E-state index in [1.807, 2.05) is 30.3 Å². The molecule has 0 atom stereocenters. The number of thioether (sulfide) groups is 1. The van der Waals surface area contributed by atoms with Gasteiger partial charge in [0.15, 0.2) is 5.83 Å². The van der Waals surface area contributed by atoms with Crippen LogP contribution in [0, 0.1) is 0 Å². The molecule has 1 aromatic heterocycles. The minimum absolute atomic E-state index is 0.121. The van der Waals surface area contributed by atoms with Crippen LogP contribution in [0.3, 0.4) is 0 Å². The van der Waals surface area contributed by atoms with Crippen molar-refractivity contribution in [3.63, 3.8) is 0 Å². The quantitative estimate of drug-likeness (QED) is 0.749. The van der Waals surface area contributed by atoms with Crippen molar-refractivity contribution in [2.24, 2.45) is 0 Å². The molecule has 106 valence electrons. The van der Waals surface area contributed by atoms with Crippen LogP contribution in [0.4, 0.5) is 13.2 Å². The van der Waals surface area contributed by atoms with Crippen LogP contribution in [0.25, 0.3) is 0 Å². The number of hydrogen-bond acceptors (Lipinski definition) is 4. The van der Waals surface area contributed by atoms with E-state index in [-0.39, 0.29) is 17.4 Å². The van der Waals surface area contributed by atoms with Crippen LogP contribution in [0.1, 0.15) is 17.9 Å². The molecule has 0 bridgehead atoms. The summed E-state index contributed by atoms with van der Waals surface area (Å²) in [4.78, 5) is 0. The topological polar surface area (TPSA) is 38.9 Å². The standard InChI is InChI=1S/C13H11F3N2OS/c14-10(12(15)16)6-7-20-13-18-17-11(19-13)8-9-4-2-1-3-5-9/h1-5H,6-8H2. The number of halogens is 3. The Balaban J connectivity index is 1.85. The number of benzene rings is 1. The molecule has 0 radical (unpaired) electrons. The van der Waals surface area contributed by atoms with Crippen LogP contribution >= 0.6 is 11.8 Å². The van der Waals surface area contributed by atoms with Crippen LogP contribution in [0.2, 0.25) is 0 Å². The van der Waals surface area contributed by atoms with E-state index in [1.165, 1.54) is 0 Å². The Hall–Kier alpha value is -1.76. The third kappa shape index (κ3) is 4.41. The van der Waals surface area contributed by atoms with Crippen molar-refractivity contribution in [3.8, 4) is 0 Å². The summed E-state index contributed by atoms with van der Waals surface area (Å²) in [5.41, 5.74) is 1.03. The second-order valence-corrected chi connectivity index (χ2v) is 4.93. The highest BCUT2D eigenvalue weighted by molar-refractivity contribution is 7.99. The van der Waals surface area contributed by atoms with E-state index in [2.05, 4.69) is 10.2 Å². The summed E-state index contributed by atoms with van der Waals surface area (Å²) < 4.78 is 41.6. The van der Waals surface area contributed by atoms with Crippen LogP contribution in [-0.2, 0) is 6.42 Å². The van der Waals surface area contributed by atoms with Gasteiger partial charge in [-0.25, -0.2) is 4.39 Å². The van der Waals surface area contributed by atoms with Gasteiger partial charge >= 0.3 is 6.08 Å². The van der Waals surface area contributed by atoms with E-state index in [0.717, 1.165) is 17.3 Å².